The minimum absolute atomic E-state index is 0.0682. The highest BCUT2D eigenvalue weighted by Gasteiger charge is 2.50. The van der Waals surface area contributed by atoms with E-state index in [2.05, 4.69) is 46.3 Å². The second kappa shape index (κ2) is 8.32. The number of carbonyl (C=O) groups excluding carboxylic acids is 2. The summed E-state index contributed by atoms with van der Waals surface area (Å²) in [5.74, 6) is -0.0285. The highest BCUT2D eigenvalue weighted by Crippen LogP contribution is 2.37. The van der Waals surface area contributed by atoms with Crippen LogP contribution in [0.4, 0.5) is 5.69 Å². The summed E-state index contributed by atoms with van der Waals surface area (Å²) < 4.78 is 0. The second-order valence-corrected chi connectivity index (χ2v) is 8.74. The number of amides is 2. The molecule has 2 amide bonds. The van der Waals surface area contributed by atoms with Crippen LogP contribution >= 0.6 is 0 Å². The summed E-state index contributed by atoms with van der Waals surface area (Å²) in [4.78, 5) is 31.8. The van der Waals surface area contributed by atoms with Gasteiger partial charge in [-0.3, -0.25) is 14.5 Å². The summed E-state index contributed by atoms with van der Waals surface area (Å²) in [5, 5.41) is 13.4. The maximum absolute atomic E-state index is 13.0. The van der Waals surface area contributed by atoms with Crippen LogP contribution in [0.5, 0.6) is 0 Å². The smallest absolute Gasteiger partial charge is 0.236 e. The SMILES string of the molecule is Cc1cccc(N2CCN(CC(=O)N3CC[C@H](O)[C@@]4(CCCNC4=O)C3)CC2)c1. The van der Waals surface area contributed by atoms with E-state index < -0.39 is 11.5 Å². The number of likely N-dealkylation sites (tertiary alicyclic amines) is 1. The summed E-state index contributed by atoms with van der Waals surface area (Å²) in [5.41, 5.74) is 1.68. The van der Waals surface area contributed by atoms with Crippen LogP contribution in [0.1, 0.15) is 24.8 Å². The number of piperidine rings is 2. The summed E-state index contributed by atoms with van der Waals surface area (Å²) >= 11 is 0. The number of aliphatic hydroxyl groups excluding tert-OH is 1. The highest BCUT2D eigenvalue weighted by atomic mass is 16.3. The Hall–Kier alpha value is -2.12. The van der Waals surface area contributed by atoms with Gasteiger partial charge in [-0.25, -0.2) is 0 Å². The van der Waals surface area contributed by atoms with Crippen molar-refractivity contribution >= 4 is 17.5 Å². The zero-order valence-electron chi connectivity index (χ0n) is 17.3. The first kappa shape index (κ1) is 20.2. The molecule has 0 bridgehead atoms. The summed E-state index contributed by atoms with van der Waals surface area (Å²) in [6.45, 7) is 7.52. The van der Waals surface area contributed by atoms with Crippen molar-refractivity contribution in [3.8, 4) is 0 Å². The number of piperazine rings is 1. The monoisotopic (exact) mass is 400 g/mol. The number of aliphatic hydroxyl groups is 1. The minimum Gasteiger partial charge on any atom is -0.392 e. The highest BCUT2D eigenvalue weighted by molar-refractivity contribution is 5.86. The number of hydrogen-bond acceptors (Lipinski definition) is 5. The van der Waals surface area contributed by atoms with E-state index in [-0.39, 0.29) is 11.8 Å². The number of aryl methyl sites for hydroxylation is 1. The first-order valence-corrected chi connectivity index (χ1v) is 10.8. The molecule has 3 aliphatic heterocycles. The van der Waals surface area contributed by atoms with Gasteiger partial charge in [-0.2, -0.15) is 0 Å². The minimum atomic E-state index is -0.823. The number of nitrogens with one attached hydrogen (secondary N) is 1. The lowest BCUT2D eigenvalue weighted by atomic mass is 9.71. The Kier molecular flexibility index (Phi) is 5.79. The molecule has 2 N–H and O–H groups in total. The lowest BCUT2D eigenvalue weighted by molar-refractivity contribution is -0.155. The van der Waals surface area contributed by atoms with Crippen LogP contribution in [0.15, 0.2) is 24.3 Å². The Morgan fingerprint density at radius 2 is 2.03 bits per heavy atom. The Balaban J connectivity index is 1.32. The van der Waals surface area contributed by atoms with Gasteiger partial charge in [0.2, 0.25) is 11.8 Å². The van der Waals surface area contributed by atoms with E-state index in [4.69, 9.17) is 0 Å². The molecule has 1 aromatic rings. The Labute approximate surface area is 172 Å². The lowest BCUT2D eigenvalue weighted by Crippen LogP contribution is -2.63. The number of hydrogen-bond donors (Lipinski definition) is 2. The Morgan fingerprint density at radius 1 is 1.24 bits per heavy atom. The van der Waals surface area contributed by atoms with E-state index in [1.165, 1.54) is 11.3 Å². The van der Waals surface area contributed by atoms with E-state index in [1.54, 1.807) is 4.90 Å². The van der Waals surface area contributed by atoms with Crippen molar-refractivity contribution in [1.82, 2.24) is 15.1 Å². The van der Waals surface area contributed by atoms with Crippen molar-refractivity contribution in [3.05, 3.63) is 29.8 Å². The quantitative estimate of drug-likeness (QED) is 0.778. The van der Waals surface area contributed by atoms with Gasteiger partial charge in [0.25, 0.3) is 0 Å². The van der Waals surface area contributed by atoms with Crippen LogP contribution in [0.2, 0.25) is 0 Å². The van der Waals surface area contributed by atoms with E-state index in [0.717, 1.165) is 32.6 Å². The van der Waals surface area contributed by atoms with Crippen LogP contribution in [0.25, 0.3) is 0 Å². The Morgan fingerprint density at radius 3 is 2.76 bits per heavy atom. The molecule has 3 aliphatic rings. The molecule has 158 valence electrons. The fourth-order valence-electron chi connectivity index (χ4n) is 4.94. The van der Waals surface area contributed by atoms with Crippen molar-refractivity contribution in [1.29, 1.82) is 0 Å². The average molecular weight is 401 g/mol. The third-order valence-corrected chi connectivity index (χ3v) is 6.77. The normalized spacial score (nSPS) is 28.5. The lowest BCUT2D eigenvalue weighted by Gasteiger charge is -2.47. The van der Waals surface area contributed by atoms with Gasteiger partial charge >= 0.3 is 0 Å². The first-order valence-electron chi connectivity index (χ1n) is 10.8. The van der Waals surface area contributed by atoms with Crippen LogP contribution in [-0.2, 0) is 9.59 Å². The van der Waals surface area contributed by atoms with E-state index in [0.29, 0.717) is 39.0 Å². The fraction of sp³-hybridized carbons (Fsp3) is 0.636. The van der Waals surface area contributed by atoms with Crippen LogP contribution in [-0.4, -0.2) is 85.2 Å². The predicted octanol–water partition coefficient (Wildman–Crippen LogP) is 0.607. The standard InChI is InChI=1S/C22H32N4O3/c1-17-4-2-5-18(14-17)25-12-10-24(11-13-25)15-20(28)26-9-6-19(27)22(16-26)7-3-8-23-21(22)29/h2,4-5,14,19,27H,3,6-13,15-16H2,1H3,(H,23,29)/t19-,22+/m0/s1. The molecular formula is C22H32N4O3. The molecular weight excluding hydrogens is 368 g/mol. The third kappa shape index (κ3) is 4.12. The van der Waals surface area contributed by atoms with Gasteiger partial charge in [0.15, 0.2) is 0 Å². The topological polar surface area (TPSA) is 76.1 Å². The molecule has 0 unspecified atom stereocenters. The molecule has 0 aromatic heterocycles. The van der Waals surface area contributed by atoms with Crippen molar-refractivity contribution < 1.29 is 14.7 Å². The average Bonchev–Trinajstić information content (AvgIpc) is 2.72. The first-order chi connectivity index (χ1) is 14.0. The second-order valence-electron chi connectivity index (χ2n) is 8.74. The molecule has 0 aliphatic carbocycles. The van der Waals surface area contributed by atoms with Gasteiger partial charge in [-0.05, 0) is 43.9 Å². The molecule has 2 atom stereocenters. The number of nitrogens with zero attached hydrogens (tertiary/aromatic N) is 3. The summed E-state index contributed by atoms with van der Waals surface area (Å²) in [6, 6.07) is 8.53. The van der Waals surface area contributed by atoms with Crippen molar-refractivity contribution in [3.63, 3.8) is 0 Å². The summed E-state index contributed by atoms with van der Waals surface area (Å²) in [7, 11) is 0. The summed E-state index contributed by atoms with van der Waals surface area (Å²) in [6.07, 6.45) is 1.31. The van der Waals surface area contributed by atoms with E-state index in [9.17, 15) is 14.7 Å². The van der Waals surface area contributed by atoms with Crippen molar-refractivity contribution in [2.24, 2.45) is 5.41 Å². The molecule has 0 saturated carbocycles. The Bertz CT molecular complexity index is 762. The fourth-order valence-corrected chi connectivity index (χ4v) is 4.94. The number of rotatable bonds is 3. The molecule has 4 rings (SSSR count). The molecule has 29 heavy (non-hydrogen) atoms. The van der Waals surface area contributed by atoms with Gasteiger partial charge in [-0.15, -0.1) is 0 Å². The van der Waals surface area contributed by atoms with Crippen LogP contribution in [0.3, 0.4) is 0 Å². The number of anilines is 1. The van der Waals surface area contributed by atoms with Crippen molar-refractivity contribution in [2.45, 2.75) is 32.3 Å². The molecule has 0 radical (unpaired) electrons. The largest absolute Gasteiger partial charge is 0.392 e. The maximum Gasteiger partial charge on any atom is 0.236 e. The third-order valence-electron chi connectivity index (χ3n) is 6.77. The van der Waals surface area contributed by atoms with E-state index >= 15 is 0 Å². The predicted molar refractivity (Wildman–Crippen MR) is 112 cm³/mol. The molecule has 7 nitrogen and oxygen atoms in total. The molecule has 3 heterocycles. The molecule has 1 spiro atoms. The zero-order chi connectivity index (χ0) is 20.4. The number of benzene rings is 1. The van der Waals surface area contributed by atoms with E-state index in [1.807, 2.05) is 0 Å². The van der Waals surface area contributed by atoms with Gasteiger partial charge in [-0.1, -0.05) is 12.1 Å². The molecule has 7 heteroatoms. The van der Waals surface area contributed by atoms with Crippen LogP contribution < -0.4 is 10.2 Å². The van der Waals surface area contributed by atoms with Gasteiger partial charge in [0.1, 0.15) is 0 Å². The van der Waals surface area contributed by atoms with Gasteiger partial charge in [0.05, 0.1) is 18.1 Å². The number of carbonyl (C=O) groups is 2. The molecule has 1 aromatic carbocycles. The molecule has 3 fully saturated rings. The maximum atomic E-state index is 13.0. The van der Waals surface area contributed by atoms with Gasteiger partial charge in [0, 0.05) is 51.5 Å². The van der Waals surface area contributed by atoms with Gasteiger partial charge < -0.3 is 20.2 Å². The zero-order valence-corrected chi connectivity index (χ0v) is 17.3. The molecule has 3 saturated heterocycles. The van der Waals surface area contributed by atoms with Crippen molar-refractivity contribution in [2.75, 3.05) is 57.3 Å². The van der Waals surface area contributed by atoms with Crippen LogP contribution in [0, 0.1) is 12.3 Å².